The molecule has 0 saturated heterocycles. The molecule has 42 heavy (non-hydrogen) atoms. The maximum absolute atomic E-state index is 6.38. The molecule has 9 rings (SSSR count). The van der Waals surface area contributed by atoms with Crippen molar-refractivity contribution in [2.24, 2.45) is 0 Å². The van der Waals surface area contributed by atoms with E-state index >= 15 is 0 Å². The van der Waals surface area contributed by atoms with E-state index in [1.165, 1.54) is 0 Å². The quantitative estimate of drug-likeness (QED) is 0.217. The molecule has 6 heterocycles. The molecular formula is C34H21N5O3. The Morgan fingerprint density at radius 2 is 1.60 bits per heavy atom. The lowest BCUT2D eigenvalue weighted by Gasteiger charge is -2.36. The van der Waals surface area contributed by atoms with Gasteiger partial charge in [0.05, 0.1) is 39.2 Å². The van der Waals surface area contributed by atoms with E-state index in [2.05, 4.69) is 51.3 Å². The molecule has 0 fully saturated rings. The summed E-state index contributed by atoms with van der Waals surface area (Å²) in [4.78, 5) is 14.1. The number of fused-ring (bicyclic) bond motifs is 5. The topological polar surface area (TPSA) is 84.6 Å². The molecule has 8 nitrogen and oxygen atoms in total. The van der Waals surface area contributed by atoms with Gasteiger partial charge in [-0.05, 0) is 42.5 Å². The Kier molecular flexibility index (Phi) is 4.66. The lowest BCUT2D eigenvalue weighted by Crippen LogP contribution is -2.24. The molecule has 0 bridgehead atoms. The van der Waals surface area contributed by atoms with Crippen molar-refractivity contribution in [2.75, 3.05) is 16.8 Å². The second kappa shape index (κ2) is 8.55. The Labute approximate surface area is 239 Å². The highest BCUT2D eigenvalue weighted by molar-refractivity contribution is 6.06. The molecule has 1 aliphatic rings. The predicted molar refractivity (Wildman–Crippen MR) is 163 cm³/mol. The molecule has 5 aromatic heterocycles. The molecule has 0 spiro atoms. The summed E-state index contributed by atoms with van der Waals surface area (Å²) in [5, 5.41) is 7.22. The van der Waals surface area contributed by atoms with Gasteiger partial charge in [0, 0.05) is 35.6 Å². The molecule has 8 heteroatoms. The molecule has 8 aromatic rings. The summed E-state index contributed by atoms with van der Waals surface area (Å²) in [6, 6.07) is 32.2. The van der Waals surface area contributed by atoms with Gasteiger partial charge in [-0.2, -0.15) is 0 Å². The Morgan fingerprint density at radius 1 is 0.738 bits per heavy atom. The van der Waals surface area contributed by atoms with Crippen LogP contribution >= 0.6 is 0 Å². The first-order valence-corrected chi connectivity index (χ1v) is 13.6. The highest BCUT2D eigenvalue weighted by atomic mass is 16.5. The Bertz CT molecular complexity index is 2300. The third kappa shape index (κ3) is 3.20. The van der Waals surface area contributed by atoms with Crippen molar-refractivity contribution in [3.8, 4) is 22.5 Å². The number of furan rings is 2. The van der Waals surface area contributed by atoms with Crippen LogP contribution in [0.4, 0.5) is 28.8 Å². The summed E-state index contributed by atoms with van der Waals surface area (Å²) in [6.07, 6.45) is 3.46. The van der Waals surface area contributed by atoms with Gasteiger partial charge < -0.3 is 18.3 Å². The van der Waals surface area contributed by atoms with Crippen LogP contribution in [0.5, 0.6) is 0 Å². The van der Waals surface area contributed by atoms with Gasteiger partial charge in [0.25, 0.3) is 5.78 Å². The Morgan fingerprint density at radius 3 is 2.50 bits per heavy atom. The minimum atomic E-state index is 0.430. The number of aromatic nitrogens is 3. The average molecular weight is 548 g/mol. The molecule has 0 unspecified atom stereocenters. The summed E-state index contributed by atoms with van der Waals surface area (Å²) in [5.41, 5.74) is 7.81. The van der Waals surface area contributed by atoms with Crippen LogP contribution in [-0.4, -0.2) is 22.2 Å². The van der Waals surface area contributed by atoms with E-state index < -0.39 is 0 Å². The van der Waals surface area contributed by atoms with Crippen LogP contribution in [0.25, 0.3) is 55.6 Å². The fourth-order valence-corrected chi connectivity index (χ4v) is 5.91. The maximum atomic E-state index is 6.38. The highest BCUT2D eigenvalue weighted by Gasteiger charge is 2.32. The number of nitrogens with zero attached hydrogens (tertiary/aromatic N) is 5. The van der Waals surface area contributed by atoms with Crippen LogP contribution < -0.4 is 9.80 Å². The summed E-state index contributed by atoms with van der Waals surface area (Å²) >= 11 is 0. The van der Waals surface area contributed by atoms with Gasteiger partial charge in [0.15, 0.2) is 11.4 Å². The Balaban J connectivity index is 1.29. The lowest BCUT2D eigenvalue weighted by molar-refractivity contribution is 0.459. The Hall–Kier alpha value is -5.89. The first-order chi connectivity index (χ1) is 20.7. The van der Waals surface area contributed by atoms with Crippen molar-refractivity contribution < 1.29 is 13.4 Å². The zero-order chi connectivity index (χ0) is 27.8. The van der Waals surface area contributed by atoms with Gasteiger partial charge >= 0.3 is 0 Å². The van der Waals surface area contributed by atoms with Gasteiger partial charge in [-0.3, -0.25) is 9.88 Å². The second-order valence-electron chi connectivity index (χ2n) is 10.3. The summed E-state index contributed by atoms with van der Waals surface area (Å²) in [5.74, 6) is 1.76. The van der Waals surface area contributed by atoms with Gasteiger partial charge in [-0.25, -0.2) is 4.98 Å². The highest BCUT2D eigenvalue weighted by Crippen LogP contribution is 2.52. The maximum Gasteiger partial charge on any atom is 0.299 e. The van der Waals surface area contributed by atoms with E-state index in [4.69, 9.17) is 18.3 Å². The number of hydrogen-bond acceptors (Lipinski definition) is 8. The molecule has 0 amide bonds. The molecule has 200 valence electrons. The number of anilines is 5. The van der Waals surface area contributed by atoms with Crippen LogP contribution in [0.15, 0.2) is 123 Å². The molecule has 0 N–H and O–H groups in total. The summed E-state index contributed by atoms with van der Waals surface area (Å²) < 4.78 is 17.9. The third-order valence-corrected chi connectivity index (χ3v) is 7.92. The fourth-order valence-electron chi connectivity index (χ4n) is 5.91. The molecular weight excluding hydrogens is 526 g/mol. The predicted octanol–water partition coefficient (Wildman–Crippen LogP) is 9.00. The van der Waals surface area contributed by atoms with E-state index in [0.717, 1.165) is 72.7 Å². The van der Waals surface area contributed by atoms with E-state index in [1.54, 1.807) is 12.5 Å². The van der Waals surface area contributed by atoms with Crippen molar-refractivity contribution in [2.45, 2.75) is 0 Å². The van der Waals surface area contributed by atoms with E-state index in [9.17, 15) is 0 Å². The minimum Gasteiger partial charge on any atom is -0.433 e. The largest absolute Gasteiger partial charge is 0.433 e. The van der Waals surface area contributed by atoms with Crippen LogP contribution in [0.2, 0.25) is 0 Å². The molecule has 0 saturated carbocycles. The van der Waals surface area contributed by atoms with E-state index in [0.29, 0.717) is 11.7 Å². The third-order valence-electron chi connectivity index (χ3n) is 7.92. The second-order valence-corrected chi connectivity index (χ2v) is 10.3. The number of para-hydroxylation sites is 4. The van der Waals surface area contributed by atoms with Crippen molar-refractivity contribution in [3.05, 3.63) is 110 Å². The fraction of sp³-hybridized carbons (Fsp3) is 0.0294. The first-order valence-electron chi connectivity index (χ1n) is 13.6. The number of rotatable bonds is 3. The SMILES string of the molecule is CN1c2ccccc2N(c2cc3c(-c4ccccn4)coc3o2)c2nc3c(-c4noc5ccccc45)cccc3cc21. The number of pyridine rings is 2. The van der Waals surface area contributed by atoms with E-state index in [1.807, 2.05) is 72.8 Å². The van der Waals surface area contributed by atoms with Crippen molar-refractivity contribution in [3.63, 3.8) is 0 Å². The average Bonchev–Trinajstić information content (AvgIpc) is 3.76. The van der Waals surface area contributed by atoms with Gasteiger partial charge in [-0.1, -0.05) is 53.7 Å². The number of benzene rings is 3. The zero-order valence-electron chi connectivity index (χ0n) is 22.4. The zero-order valence-corrected chi connectivity index (χ0v) is 22.4. The summed E-state index contributed by atoms with van der Waals surface area (Å²) in [7, 11) is 2.06. The normalized spacial score (nSPS) is 12.8. The van der Waals surface area contributed by atoms with Crippen LogP contribution in [0, 0.1) is 0 Å². The van der Waals surface area contributed by atoms with Gasteiger partial charge in [0.1, 0.15) is 12.0 Å². The molecule has 0 atom stereocenters. The lowest BCUT2D eigenvalue weighted by atomic mass is 10.0. The molecule has 3 aromatic carbocycles. The van der Waals surface area contributed by atoms with Gasteiger partial charge in [-0.15, -0.1) is 0 Å². The molecule has 1 aliphatic heterocycles. The van der Waals surface area contributed by atoms with Crippen molar-refractivity contribution in [1.82, 2.24) is 15.1 Å². The standard InChI is InChI=1S/C34H21N5O3/c1-38-26-13-3-4-14-27(26)39(30-18-23-24(19-40-34(23)41-30)25-12-6-7-16-35-25)33-28(38)17-20-9-8-11-22(31(20)36-33)32-21-10-2-5-15-29(21)42-37-32/h2-19H,1H3. The molecule has 0 aliphatic carbocycles. The first kappa shape index (κ1) is 22.9. The van der Waals surface area contributed by atoms with Crippen LogP contribution in [-0.2, 0) is 0 Å². The van der Waals surface area contributed by atoms with Crippen LogP contribution in [0.3, 0.4) is 0 Å². The number of hydrogen-bond donors (Lipinski definition) is 0. The van der Waals surface area contributed by atoms with Crippen molar-refractivity contribution in [1.29, 1.82) is 0 Å². The minimum absolute atomic E-state index is 0.430. The van der Waals surface area contributed by atoms with E-state index in [-0.39, 0.29) is 0 Å². The summed E-state index contributed by atoms with van der Waals surface area (Å²) in [6.45, 7) is 0. The van der Waals surface area contributed by atoms with Gasteiger partial charge in [0.2, 0.25) is 5.88 Å². The van der Waals surface area contributed by atoms with Crippen molar-refractivity contribution >= 4 is 61.8 Å². The molecule has 0 radical (unpaired) electrons. The monoisotopic (exact) mass is 547 g/mol. The van der Waals surface area contributed by atoms with Crippen LogP contribution in [0.1, 0.15) is 0 Å². The smallest absolute Gasteiger partial charge is 0.299 e.